The van der Waals surface area contributed by atoms with Crippen molar-refractivity contribution < 1.29 is 24.4 Å². The Labute approximate surface area is 281 Å². The number of hydrogen-bond donors (Lipinski definition) is 2. The molecule has 0 saturated carbocycles. The largest absolute Gasteiger partial charge is 0.385 e. The monoisotopic (exact) mass is 634 g/mol. The molecule has 4 atom stereocenters. The molecule has 2 N–H and O–H groups in total. The number of aliphatic hydroxyl groups excluding tert-OH is 2. The van der Waals surface area contributed by atoms with Gasteiger partial charge < -0.3 is 24.4 Å². The number of rotatable bonds is 11. The van der Waals surface area contributed by atoms with Crippen LogP contribution < -0.4 is 0 Å². The first-order valence-electron chi connectivity index (χ1n) is 16.3. The molecule has 0 amide bonds. The molecule has 7 rings (SSSR count). The second-order valence-corrected chi connectivity index (χ2v) is 12.0. The lowest BCUT2D eigenvalue weighted by Crippen LogP contribution is -2.46. The van der Waals surface area contributed by atoms with Crippen molar-refractivity contribution >= 4 is 0 Å². The summed E-state index contributed by atoms with van der Waals surface area (Å²) in [4.78, 5) is 0. The number of benzene rings is 6. The van der Waals surface area contributed by atoms with E-state index in [0.717, 1.165) is 33.4 Å². The molecule has 5 nitrogen and oxygen atoms in total. The molecule has 0 aromatic heterocycles. The van der Waals surface area contributed by atoms with Crippen LogP contribution in [0.1, 0.15) is 33.4 Å². The van der Waals surface area contributed by atoms with E-state index in [1.165, 1.54) is 0 Å². The van der Waals surface area contributed by atoms with Crippen LogP contribution in [0.25, 0.3) is 0 Å². The number of aliphatic hydroxyl groups is 2. The van der Waals surface area contributed by atoms with Gasteiger partial charge >= 0.3 is 0 Å². The fraction of sp³-hybridized carbons (Fsp3) is 0.163. The van der Waals surface area contributed by atoms with Crippen LogP contribution in [0.2, 0.25) is 0 Å². The highest BCUT2D eigenvalue weighted by atomic mass is 16.7. The topological polar surface area (TPSA) is 68.2 Å². The highest BCUT2D eigenvalue weighted by Crippen LogP contribution is 2.45. The van der Waals surface area contributed by atoms with Crippen LogP contribution in [0.5, 0.6) is 0 Å². The summed E-state index contributed by atoms with van der Waals surface area (Å²) in [5.41, 5.74) is 3.28. The Balaban J connectivity index is 1.33. The molecule has 1 heterocycles. The van der Waals surface area contributed by atoms with Crippen molar-refractivity contribution in [3.05, 3.63) is 215 Å². The third-order valence-corrected chi connectivity index (χ3v) is 9.17. The van der Waals surface area contributed by atoms with Gasteiger partial charge in [0.05, 0.1) is 6.61 Å². The maximum absolute atomic E-state index is 11.6. The zero-order chi connectivity index (χ0) is 32.8. The Hall–Kier alpha value is -4.88. The van der Waals surface area contributed by atoms with Gasteiger partial charge in [-0.05, 0) is 33.4 Å². The van der Waals surface area contributed by atoms with Crippen molar-refractivity contribution in [1.29, 1.82) is 0 Å². The van der Waals surface area contributed by atoms with Gasteiger partial charge in [0.15, 0.2) is 6.29 Å². The molecule has 0 aliphatic carbocycles. The second-order valence-electron chi connectivity index (χ2n) is 12.0. The molecule has 0 radical (unpaired) electrons. The summed E-state index contributed by atoms with van der Waals surface area (Å²) in [5, 5.41) is 22.6. The molecule has 1 fully saturated rings. The second kappa shape index (κ2) is 14.1. The Morgan fingerprint density at radius 1 is 0.438 bits per heavy atom. The molecule has 240 valence electrons. The van der Waals surface area contributed by atoms with Gasteiger partial charge in [-0.2, -0.15) is 0 Å². The third kappa shape index (κ3) is 5.88. The van der Waals surface area contributed by atoms with Crippen LogP contribution in [-0.4, -0.2) is 41.4 Å². The predicted octanol–water partition coefficient (Wildman–Crippen LogP) is 7.45. The molecule has 1 aliphatic rings. The van der Waals surface area contributed by atoms with E-state index < -0.39 is 35.8 Å². The van der Waals surface area contributed by atoms with Gasteiger partial charge in [0.25, 0.3) is 0 Å². The first kappa shape index (κ1) is 31.7. The minimum Gasteiger partial charge on any atom is -0.385 e. The zero-order valence-corrected chi connectivity index (χ0v) is 26.5. The lowest BCUT2D eigenvalue weighted by molar-refractivity contribution is -0.148. The molecule has 1 aliphatic heterocycles. The molecule has 1 saturated heterocycles. The van der Waals surface area contributed by atoms with E-state index in [1.807, 2.05) is 146 Å². The molecule has 6 aromatic carbocycles. The van der Waals surface area contributed by atoms with Crippen LogP contribution >= 0.6 is 0 Å². The summed E-state index contributed by atoms with van der Waals surface area (Å²) >= 11 is 0. The Kier molecular flexibility index (Phi) is 9.30. The normalized spacial score (nSPS) is 19.6. The lowest BCUT2D eigenvalue weighted by atomic mass is 9.79. The van der Waals surface area contributed by atoms with Crippen LogP contribution in [0.3, 0.4) is 0 Å². The van der Waals surface area contributed by atoms with Crippen LogP contribution in [-0.2, 0) is 25.4 Å². The predicted molar refractivity (Wildman–Crippen MR) is 186 cm³/mol. The maximum Gasteiger partial charge on any atom is 0.184 e. The molecule has 5 heteroatoms. The van der Waals surface area contributed by atoms with E-state index in [9.17, 15) is 10.2 Å². The molecule has 0 spiro atoms. The average Bonchev–Trinajstić information content (AvgIpc) is 3.44. The third-order valence-electron chi connectivity index (χ3n) is 9.17. The van der Waals surface area contributed by atoms with Crippen molar-refractivity contribution in [2.24, 2.45) is 0 Å². The highest BCUT2D eigenvalue weighted by molar-refractivity contribution is 5.49. The van der Waals surface area contributed by atoms with E-state index in [1.54, 1.807) is 0 Å². The van der Waals surface area contributed by atoms with Crippen LogP contribution in [0, 0.1) is 0 Å². The number of ether oxygens (including phenoxy) is 3. The minimum atomic E-state index is -1.47. The zero-order valence-electron chi connectivity index (χ0n) is 26.5. The van der Waals surface area contributed by atoms with Crippen molar-refractivity contribution in [2.45, 2.75) is 35.8 Å². The Morgan fingerprint density at radius 2 is 0.729 bits per heavy atom. The first-order valence-corrected chi connectivity index (χ1v) is 16.3. The molecule has 0 unspecified atom stereocenters. The van der Waals surface area contributed by atoms with Crippen LogP contribution in [0.4, 0.5) is 0 Å². The molecule has 6 aromatic rings. The van der Waals surface area contributed by atoms with Gasteiger partial charge in [0, 0.05) is 0 Å². The fourth-order valence-electron chi connectivity index (χ4n) is 6.90. The van der Waals surface area contributed by atoms with Gasteiger partial charge in [-0.3, -0.25) is 0 Å². The van der Waals surface area contributed by atoms with Crippen molar-refractivity contribution in [3.8, 4) is 0 Å². The average molecular weight is 635 g/mol. The summed E-state index contributed by atoms with van der Waals surface area (Å²) in [5.74, 6) is 0. The number of hydrogen-bond acceptors (Lipinski definition) is 5. The quantitative estimate of drug-likeness (QED) is 0.145. The maximum atomic E-state index is 11.6. The summed E-state index contributed by atoms with van der Waals surface area (Å²) < 4.78 is 20.4. The van der Waals surface area contributed by atoms with Crippen LogP contribution in [0.15, 0.2) is 182 Å². The lowest BCUT2D eigenvalue weighted by Gasteiger charge is -2.40. The molecular formula is C43H38O5. The van der Waals surface area contributed by atoms with E-state index >= 15 is 0 Å². The minimum absolute atomic E-state index is 0.00587. The SMILES string of the molecule is O[C@@H]1[C@H](OC(c2ccccc2)(c2ccccc2)c2ccccc2)[C@@H](COC(c2ccccc2)(c2ccccc2)c2ccccc2)O[C@H]1O. The van der Waals surface area contributed by atoms with Gasteiger partial charge in [-0.15, -0.1) is 0 Å². The highest BCUT2D eigenvalue weighted by Gasteiger charge is 2.51. The fourth-order valence-corrected chi connectivity index (χ4v) is 6.90. The van der Waals surface area contributed by atoms with Gasteiger partial charge in [-0.25, -0.2) is 0 Å². The van der Waals surface area contributed by atoms with Crippen molar-refractivity contribution in [1.82, 2.24) is 0 Å². The summed E-state index contributed by atoms with van der Waals surface area (Å²) in [6, 6.07) is 60.2. The smallest absolute Gasteiger partial charge is 0.184 e. The van der Waals surface area contributed by atoms with E-state index in [4.69, 9.17) is 14.2 Å². The van der Waals surface area contributed by atoms with E-state index in [2.05, 4.69) is 36.4 Å². The van der Waals surface area contributed by atoms with Gasteiger partial charge in [0.2, 0.25) is 0 Å². The van der Waals surface area contributed by atoms with E-state index in [0.29, 0.717) is 0 Å². The van der Waals surface area contributed by atoms with E-state index in [-0.39, 0.29) is 6.61 Å². The molecular weight excluding hydrogens is 596 g/mol. The molecule has 0 bridgehead atoms. The molecule has 48 heavy (non-hydrogen) atoms. The van der Waals surface area contributed by atoms with Gasteiger partial charge in [-0.1, -0.05) is 182 Å². The standard InChI is InChI=1S/C43H38O5/c44-39-40(48-43(35-25-13-4-14-26-35,36-27-15-5-16-28-36)37-29-17-6-18-30-37)38(47-41(39)45)31-46-42(32-19-7-1-8-20-32,33-21-9-2-10-22-33)34-23-11-3-12-24-34/h1-30,38-41,44-45H,31H2/t38-,39-,40-,41-/m1/s1. The Bertz CT molecular complexity index is 1660. The summed E-state index contributed by atoms with van der Waals surface area (Å²) in [6.07, 6.45) is -4.61. The first-order chi connectivity index (χ1) is 23.6. The van der Waals surface area contributed by atoms with Crippen molar-refractivity contribution in [2.75, 3.05) is 6.61 Å². The summed E-state index contributed by atoms with van der Waals surface area (Å²) in [7, 11) is 0. The Morgan fingerprint density at radius 3 is 1.04 bits per heavy atom. The van der Waals surface area contributed by atoms with Gasteiger partial charge in [0.1, 0.15) is 29.5 Å². The summed E-state index contributed by atoms with van der Waals surface area (Å²) in [6.45, 7) is 0.00587. The van der Waals surface area contributed by atoms with Crippen molar-refractivity contribution in [3.63, 3.8) is 0 Å².